The van der Waals surface area contributed by atoms with Crippen LogP contribution in [0.4, 0.5) is 0 Å². The monoisotopic (exact) mass is 314 g/mol. The molecular formula is C11H11BrN2O2S. The lowest BCUT2D eigenvalue weighted by Crippen LogP contribution is -2.22. The largest absolute Gasteiger partial charge is 0.444 e. The van der Waals surface area contributed by atoms with Crippen molar-refractivity contribution in [3.63, 3.8) is 0 Å². The van der Waals surface area contributed by atoms with E-state index in [2.05, 4.69) is 26.2 Å². The van der Waals surface area contributed by atoms with Crippen molar-refractivity contribution in [3.05, 3.63) is 38.1 Å². The van der Waals surface area contributed by atoms with Crippen LogP contribution in [-0.4, -0.2) is 10.9 Å². The van der Waals surface area contributed by atoms with Crippen molar-refractivity contribution >= 4 is 33.2 Å². The number of amides is 1. The van der Waals surface area contributed by atoms with Gasteiger partial charge in [-0.15, -0.1) is 11.3 Å². The molecule has 2 heterocycles. The van der Waals surface area contributed by atoms with E-state index in [0.29, 0.717) is 17.0 Å². The van der Waals surface area contributed by atoms with Crippen molar-refractivity contribution in [3.8, 4) is 0 Å². The molecule has 4 nitrogen and oxygen atoms in total. The Morgan fingerprint density at radius 3 is 2.88 bits per heavy atom. The zero-order valence-electron chi connectivity index (χ0n) is 9.41. The van der Waals surface area contributed by atoms with E-state index in [1.54, 1.807) is 23.6 Å². The van der Waals surface area contributed by atoms with Gasteiger partial charge in [0.2, 0.25) is 0 Å². The van der Waals surface area contributed by atoms with E-state index in [-0.39, 0.29) is 5.91 Å². The first kappa shape index (κ1) is 12.3. The lowest BCUT2D eigenvalue weighted by molar-refractivity contribution is 0.0921. The Bertz CT molecular complexity index is 547. The smallest absolute Gasteiger partial charge is 0.287 e. The third-order valence-corrected chi connectivity index (χ3v) is 3.49. The van der Waals surface area contributed by atoms with Crippen LogP contribution < -0.4 is 5.32 Å². The van der Waals surface area contributed by atoms with Crippen LogP contribution in [-0.2, 0) is 6.54 Å². The summed E-state index contributed by atoms with van der Waals surface area (Å²) in [6.45, 7) is 4.24. The highest BCUT2D eigenvalue weighted by atomic mass is 79.9. The van der Waals surface area contributed by atoms with Crippen molar-refractivity contribution in [1.82, 2.24) is 10.3 Å². The van der Waals surface area contributed by atoms with Crippen molar-refractivity contribution in [2.45, 2.75) is 20.4 Å². The summed E-state index contributed by atoms with van der Waals surface area (Å²) >= 11 is 4.76. The third kappa shape index (κ3) is 2.95. The van der Waals surface area contributed by atoms with Gasteiger partial charge in [-0.2, -0.15) is 0 Å². The Morgan fingerprint density at radius 2 is 2.35 bits per heavy atom. The van der Waals surface area contributed by atoms with Crippen molar-refractivity contribution in [2.24, 2.45) is 0 Å². The molecule has 2 rings (SSSR count). The van der Waals surface area contributed by atoms with Gasteiger partial charge in [0.15, 0.2) is 10.4 Å². The van der Waals surface area contributed by atoms with Gasteiger partial charge in [0, 0.05) is 16.6 Å². The van der Waals surface area contributed by atoms with Crippen LogP contribution in [0.25, 0.3) is 0 Å². The first-order valence-corrected chi connectivity index (χ1v) is 6.62. The Hall–Kier alpha value is -1.14. The van der Waals surface area contributed by atoms with E-state index < -0.39 is 0 Å². The van der Waals surface area contributed by atoms with Crippen molar-refractivity contribution < 1.29 is 9.21 Å². The minimum atomic E-state index is -0.209. The maximum Gasteiger partial charge on any atom is 0.287 e. The minimum absolute atomic E-state index is 0.209. The molecule has 0 fully saturated rings. The van der Waals surface area contributed by atoms with Crippen LogP contribution in [0.3, 0.4) is 0 Å². The van der Waals surface area contributed by atoms with Gasteiger partial charge in [-0.25, -0.2) is 4.98 Å². The maximum absolute atomic E-state index is 11.8. The highest BCUT2D eigenvalue weighted by Gasteiger charge is 2.14. The molecule has 0 aliphatic heterocycles. The van der Waals surface area contributed by atoms with Gasteiger partial charge in [0.25, 0.3) is 5.91 Å². The molecule has 17 heavy (non-hydrogen) atoms. The fraction of sp³-hybridized carbons (Fsp3) is 0.273. The second kappa shape index (κ2) is 5.01. The van der Waals surface area contributed by atoms with Crippen LogP contribution in [0.5, 0.6) is 0 Å². The number of thiazole rings is 1. The number of nitrogens with zero attached hydrogens (tertiary/aromatic N) is 1. The summed E-state index contributed by atoms with van der Waals surface area (Å²) in [7, 11) is 0. The van der Waals surface area contributed by atoms with Crippen LogP contribution in [0.2, 0.25) is 0 Å². The Labute approximate surface area is 111 Å². The lowest BCUT2D eigenvalue weighted by Gasteiger charge is -2.01. The molecule has 6 heteroatoms. The standard InChI is InChI=1S/C11H11BrN2O2S/c1-6-3-9(12)16-10(6)11(15)14-5-8-4-13-7(2)17-8/h3-4H,5H2,1-2H3,(H,14,15). The van der Waals surface area contributed by atoms with Gasteiger partial charge in [0.1, 0.15) is 0 Å². The van der Waals surface area contributed by atoms with Crippen LogP contribution in [0.15, 0.2) is 21.3 Å². The molecule has 0 spiro atoms. The number of halogens is 1. The maximum atomic E-state index is 11.8. The average molecular weight is 315 g/mol. The third-order valence-electron chi connectivity index (χ3n) is 2.19. The second-order valence-electron chi connectivity index (χ2n) is 3.59. The first-order valence-electron chi connectivity index (χ1n) is 5.01. The lowest BCUT2D eigenvalue weighted by atomic mass is 10.3. The fourth-order valence-corrected chi connectivity index (χ4v) is 2.64. The average Bonchev–Trinajstić information content (AvgIpc) is 2.81. The molecule has 0 atom stereocenters. The summed E-state index contributed by atoms with van der Waals surface area (Å²) < 4.78 is 5.83. The molecule has 0 aliphatic carbocycles. The zero-order valence-corrected chi connectivity index (χ0v) is 11.8. The molecule has 90 valence electrons. The number of carbonyl (C=O) groups is 1. The second-order valence-corrected chi connectivity index (χ2v) is 5.69. The number of nitrogens with one attached hydrogen (secondary N) is 1. The molecule has 0 bridgehead atoms. The van der Waals surface area contributed by atoms with Crippen LogP contribution in [0, 0.1) is 13.8 Å². The van der Waals surface area contributed by atoms with Crippen LogP contribution in [0.1, 0.15) is 26.0 Å². The summed E-state index contributed by atoms with van der Waals surface area (Å²) in [5, 5.41) is 3.79. The van der Waals surface area contributed by atoms with E-state index >= 15 is 0 Å². The van der Waals surface area contributed by atoms with Gasteiger partial charge in [0.05, 0.1) is 11.6 Å². The van der Waals surface area contributed by atoms with Gasteiger partial charge < -0.3 is 9.73 Å². The Morgan fingerprint density at radius 1 is 1.59 bits per heavy atom. The number of hydrogen-bond donors (Lipinski definition) is 1. The quantitative estimate of drug-likeness (QED) is 0.947. The van der Waals surface area contributed by atoms with E-state index in [4.69, 9.17) is 4.42 Å². The summed E-state index contributed by atoms with van der Waals surface area (Å²) in [5.41, 5.74) is 0.815. The van der Waals surface area contributed by atoms with E-state index in [1.165, 1.54) is 0 Å². The minimum Gasteiger partial charge on any atom is -0.444 e. The summed E-state index contributed by atoms with van der Waals surface area (Å²) in [4.78, 5) is 17.0. The van der Waals surface area contributed by atoms with E-state index in [9.17, 15) is 4.79 Å². The van der Waals surface area contributed by atoms with Gasteiger partial charge in [-0.1, -0.05) is 0 Å². The van der Waals surface area contributed by atoms with Crippen molar-refractivity contribution in [2.75, 3.05) is 0 Å². The topological polar surface area (TPSA) is 55.1 Å². The number of carbonyl (C=O) groups excluding carboxylic acids is 1. The predicted molar refractivity (Wildman–Crippen MR) is 69.2 cm³/mol. The molecule has 0 saturated heterocycles. The van der Waals surface area contributed by atoms with Gasteiger partial charge in [-0.05, 0) is 35.8 Å². The summed E-state index contributed by atoms with van der Waals surface area (Å²) in [6, 6.07) is 1.77. The molecular weight excluding hydrogens is 304 g/mol. The molecule has 0 aliphatic rings. The predicted octanol–water partition coefficient (Wildman–Crippen LogP) is 3.05. The van der Waals surface area contributed by atoms with Crippen molar-refractivity contribution in [1.29, 1.82) is 0 Å². The van der Waals surface area contributed by atoms with Gasteiger partial charge >= 0.3 is 0 Å². The molecule has 1 amide bonds. The number of furan rings is 1. The molecule has 0 radical (unpaired) electrons. The number of rotatable bonds is 3. The van der Waals surface area contributed by atoms with E-state index in [1.807, 2.05) is 13.8 Å². The van der Waals surface area contributed by atoms with E-state index in [0.717, 1.165) is 15.4 Å². The molecule has 2 aromatic heterocycles. The highest BCUT2D eigenvalue weighted by molar-refractivity contribution is 9.10. The first-order chi connectivity index (χ1) is 8.06. The number of aromatic nitrogens is 1. The fourth-order valence-electron chi connectivity index (χ4n) is 1.40. The zero-order chi connectivity index (χ0) is 12.4. The Balaban J connectivity index is 2.00. The number of aryl methyl sites for hydroxylation is 2. The molecule has 2 aromatic rings. The normalized spacial score (nSPS) is 10.5. The molecule has 0 unspecified atom stereocenters. The van der Waals surface area contributed by atoms with Crippen LogP contribution >= 0.6 is 27.3 Å². The summed E-state index contributed by atoms with van der Waals surface area (Å²) in [5.74, 6) is 0.136. The SMILES string of the molecule is Cc1ncc(CNC(=O)c2oc(Br)cc2C)s1. The highest BCUT2D eigenvalue weighted by Crippen LogP contribution is 2.19. The number of hydrogen-bond acceptors (Lipinski definition) is 4. The molecule has 1 N–H and O–H groups in total. The molecule has 0 aromatic carbocycles. The molecule has 0 saturated carbocycles. The Kier molecular flexibility index (Phi) is 3.63. The summed E-state index contributed by atoms with van der Waals surface area (Å²) in [6.07, 6.45) is 1.77. The van der Waals surface area contributed by atoms with Gasteiger partial charge in [-0.3, -0.25) is 4.79 Å².